The van der Waals surface area contributed by atoms with Gasteiger partial charge in [0.25, 0.3) is 0 Å². The average Bonchev–Trinajstić information content (AvgIpc) is 3.21. The molecule has 1 fully saturated rings. The fraction of sp³-hybridized carbons (Fsp3) is 0.778. The van der Waals surface area contributed by atoms with Gasteiger partial charge >= 0.3 is 0 Å². The van der Waals surface area contributed by atoms with Gasteiger partial charge in [0.1, 0.15) is 5.01 Å². The van der Waals surface area contributed by atoms with E-state index in [4.69, 9.17) is 9.72 Å². The van der Waals surface area contributed by atoms with Gasteiger partial charge < -0.3 is 15.4 Å². The topological polar surface area (TPSA) is 58.5 Å². The molecule has 2 rings (SSSR count). The van der Waals surface area contributed by atoms with Crippen LogP contribution in [-0.4, -0.2) is 37.2 Å². The Hall–Kier alpha value is -1.14. The molecule has 0 spiro atoms. The zero-order valence-electron chi connectivity index (χ0n) is 15.5. The standard InChI is InChI=1S/C18H32N4OS/c1-5-19-17(20-9-6-10-23-12-14-7-8-14)21-11-16-22-15(13-24-16)18(2,3)4/h13-14H,5-12H2,1-4H3,(H2,19,20,21). The van der Waals surface area contributed by atoms with Crippen molar-refractivity contribution in [3.63, 3.8) is 0 Å². The second kappa shape index (κ2) is 9.37. The van der Waals surface area contributed by atoms with Crippen LogP contribution in [0, 0.1) is 5.92 Å². The van der Waals surface area contributed by atoms with Gasteiger partial charge in [-0.2, -0.15) is 0 Å². The monoisotopic (exact) mass is 352 g/mol. The van der Waals surface area contributed by atoms with E-state index in [1.54, 1.807) is 11.3 Å². The minimum atomic E-state index is 0.0989. The number of nitrogens with one attached hydrogen (secondary N) is 2. The molecule has 0 radical (unpaired) electrons. The Balaban J connectivity index is 1.71. The summed E-state index contributed by atoms with van der Waals surface area (Å²) < 4.78 is 5.65. The van der Waals surface area contributed by atoms with Crippen molar-refractivity contribution in [2.75, 3.05) is 26.3 Å². The number of ether oxygens (including phenoxy) is 1. The van der Waals surface area contributed by atoms with E-state index >= 15 is 0 Å². The lowest BCUT2D eigenvalue weighted by molar-refractivity contribution is 0.123. The molecule has 0 aliphatic heterocycles. The highest BCUT2D eigenvalue weighted by molar-refractivity contribution is 7.09. The number of hydrogen-bond donors (Lipinski definition) is 2. The van der Waals surface area contributed by atoms with Crippen LogP contribution in [0.2, 0.25) is 0 Å². The normalized spacial score (nSPS) is 15.6. The Kier molecular flexibility index (Phi) is 7.49. The lowest BCUT2D eigenvalue weighted by Crippen LogP contribution is -2.38. The van der Waals surface area contributed by atoms with Crippen molar-refractivity contribution < 1.29 is 4.74 Å². The summed E-state index contributed by atoms with van der Waals surface area (Å²) in [6.07, 6.45) is 3.70. The van der Waals surface area contributed by atoms with Crippen molar-refractivity contribution in [2.24, 2.45) is 10.9 Å². The number of thiazole rings is 1. The van der Waals surface area contributed by atoms with Gasteiger partial charge in [-0.1, -0.05) is 20.8 Å². The van der Waals surface area contributed by atoms with Crippen molar-refractivity contribution in [3.8, 4) is 0 Å². The van der Waals surface area contributed by atoms with E-state index in [1.807, 2.05) is 0 Å². The zero-order valence-corrected chi connectivity index (χ0v) is 16.3. The van der Waals surface area contributed by atoms with Gasteiger partial charge in [-0.3, -0.25) is 0 Å². The SMILES string of the molecule is CCNC(=NCc1nc(C(C)(C)C)cs1)NCCCOCC1CC1. The van der Waals surface area contributed by atoms with Gasteiger partial charge in [0.15, 0.2) is 5.96 Å². The fourth-order valence-corrected chi connectivity index (χ4v) is 3.08. The number of guanidine groups is 1. The predicted molar refractivity (Wildman–Crippen MR) is 102 cm³/mol. The molecule has 0 aromatic carbocycles. The van der Waals surface area contributed by atoms with Gasteiger partial charge in [0.2, 0.25) is 0 Å². The largest absolute Gasteiger partial charge is 0.381 e. The van der Waals surface area contributed by atoms with Crippen molar-refractivity contribution in [1.82, 2.24) is 15.6 Å². The summed E-state index contributed by atoms with van der Waals surface area (Å²) in [5.41, 5.74) is 1.24. The number of aromatic nitrogens is 1. The minimum Gasteiger partial charge on any atom is -0.381 e. The lowest BCUT2D eigenvalue weighted by atomic mass is 9.93. The number of rotatable bonds is 9. The molecule has 1 aliphatic carbocycles. The van der Waals surface area contributed by atoms with Crippen LogP contribution in [0.3, 0.4) is 0 Å². The summed E-state index contributed by atoms with van der Waals surface area (Å²) in [6.45, 7) is 12.8. The lowest BCUT2D eigenvalue weighted by Gasteiger charge is -2.14. The van der Waals surface area contributed by atoms with E-state index in [1.165, 1.54) is 12.8 Å². The number of aliphatic imine (C=N–C) groups is 1. The summed E-state index contributed by atoms with van der Waals surface area (Å²) >= 11 is 1.69. The number of hydrogen-bond acceptors (Lipinski definition) is 4. The van der Waals surface area contributed by atoms with Crippen LogP contribution in [0.5, 0.6) is 0 Å². The highest BCUT2D eigenvalue weighted by Gasteiger charge is 2.20. The molecule has 2 N–H and O–H groups in total. The molecule has 0 amide bonds. The molecule has 0 saturated heterocycles. The highest BCUT2D eigenvalue weighted by atomic mass is 32.1. The Bertz CT molecular complexity index is 517. The van der Waals surface area contributed by atoms with E-state index in [0.717, 1.165) is 55.3 Å². The average molecular weight is 353 g/mol. The van der Waals surface area contributed by atoms with Crippen molar-refractivity contribution >= 4 is 17.3 Å². The first-order chi connectivity index (χ1) is 11.5. The smallest absolute Gasteiger partial charge is 0.191 e. The van der Waals surface area contributed by atoms with E-state index in [-0.39, 0.29) is 5.41 Å². The maximum absolute atomic E-state index is 5.65. The van der Waals surface area contributed by atoms with Gasteiger partial charge in [0, 0.05) is 37.1 Å². The molecule has 1 aromatic rings. The van der Waals surface area contributed by atoms with Crippen LogP contribution < -0.4 is 10.6 Å². The molecule has 1 saturated carbocycles. The molecule has 0 bridgehead atoms. The third-order valence-electron chi connectivity index (χ3n) is 3.85. The van der Waals surface area contributed by atoms with E-state index in [0.29, 0.717) is 6.54 Å². The molecular weight excluding hydrogens is 320 g/mol. The molecule has 24 heavy (non-hydrogen) atoms. The Morgan fingerprint density at radius 1 is 1.38 bits per heavy atom. The summed E-state index contributed by atoms with van der Waals surface area (Å²) in [5, 5.41) is 9.85. The molecule has 0 atom stereocenters. The summed E-state index contributed by atoms with van der Waals surface area (Å²) in [7, 11) is 0. The molecule has 5 nitrogen and oxygen atoms in total. The molecule has 136 valence electrons. The number of nitrogens with zero attached hydrogens (tertiary/aromatic N) is 2. The first-order valence-electron chi connectivity index (χ1n) is 9.04. The minimum absolute atomic E-state index is 0.0989. The van der Waals surface area contributed by atoms with Gasteiger partial charge in [-0.15, -0.1) is 11.3 Å². The molecule has 6 heteroatoms. The fourth-order valence-electron chi connectivity index (χ4n) is 2.13. The van der Waals surface area contributed by atoms with Crippen LogP contribution in [0.15, 0.2) is 10.4 Å². The summed E-state index contributed by atoms with van der Waals surface area (Å²) in [6, 6.07) is 0. The maximum Gasteiger partial charge on any atom is 0.191 e. The molecule has 1 aromatic heterocycles. The molecule has 1 heterocycles. The van der Waals surface area contributed by atoms with Crippen molar-refractivity contribution in [1.29, 1.82) is 0 Å². The van der Waals surface area contributed by atoms with Crippen LogP contribution >= 0.6 is 11.3 Å². The second-order valence-electron chi connectivity index (χ2n) is 7.37. The van der Waals surface area contributed by atoms with E-state index < -0.39 is 0 Å². The molecule has 1 aliphatic rings. The molecular formula is C18H32N4OS. The Morgan fingerprint density at radius 2 is 2.17 bits per heavy atom. The van der Waals surface area contributed by atoms with Gasteiger partial charge in [0.05, 0.1) is 12.2 Å². The van der Waals surface area contributed by atoms with E-state index in [2.05, 4.69) is 48.7 Å². The summed E-state index contributed by atoms with van der Waals surface area (Å²) in [4.78, 5) is 9.33. The first-order valence-corrected chi connectivity index (χ1v) is 9.92. The third kappa shape index (κ3) is 7.18. The quantitative estimate of drug-likeness (QED) is 0.407. The zero-order chi connectivity index (χ0) is 17.4. The van der Waals surface area contributed by atoms with Gasteiger partial charge in [-0.25, -0.2) is 9.98 Å². The van der Waals surface area contributed by atoms with Crippen LogP contribution in [0.25, 0.3) is 0 Å². The van der Waals surface area contributed by atoms with E-state index in [9.17, 15) is 0 Å². The van der Waals surface area contributed by atoms with Crippen molar-refractivity contribution in [3.05, 3.63) is 16.1 Å². The molecule has 0 unspecified atom stereocenters. The second-order valence-corrected chi connectivity index (χ2v) is 8.31. The third-order valence-corrected chi connectivity index (χ3v) is 4.68. The summed E-state index contributed by atoms with van der Waals surface area (Å²) in [5.74, 6) is 1.69. The van der Waals surface area contributed by atoms with Crippen LogP contribution in [-0.2, 0) is 16.7 Å². The maximum atomic E-state index is 5.65. The van der Waals surface area contributed by atoms with Crippen molar-refractivity contribution in [2.45, 2.75) is 58.9 Å². The Morgan fingerprint density at radius 3 is 2.79 bits per heavy atom. The Labute approximate surface area is 150 Å². The first kappa shape index (κ1) is 19.2. The van der Waals surface area contributed by atoms with Crippen LogP contribution in [0.4, 0.5) is 0 Å². The predicted octanol–water partition coefficient (Wildman–Crippen LogP) is 3.31. The van der Waals surface area contributed by atoms with Gasteiger partial charge in [-0.05, 0) is 32.1 Å². The highest BCUT2D eigenvalue weighted by Crippen LogP contribution is 2.28. The van der Waals surface area contributed by atoms with Crippen LogP contribution in [0.1, 0.15) is 57.7 Å².